The number of benzene rings is 1. The fourth-order valence-electron chi connectivity index (χ4n) is 2.57. The minimum Gasteiger partial charge on any atom is -0.496 e. The molecule has 0 radical (unpaired) electrons. The molecule has 1 aliphatic rings. The van der Waals surface area contributed by atoms with Crippen molar-refractivity contribution in [1.82, 2.24) is 9.80 Å². The van der Waals surface area contributed by atoms with Gasteiger partial charge in [-0.25, -0.2) is 0 Å². The Morgan fingerprint density at radius 1 is 1.20 bits per heavy atom. The summed E-state index contributed by atoms with van der Waals surface area (Å²) in [6, 6.07) is 8.12. The number of nitrogens with zero attached hydrogens (tertiary/aromatic N) is 2. The van der Waals surface area contributed by atoms with Gasteiger partial charge < -0.3 is 9.64 Å². The second-order valence-corrected chi connectivity index (χ2v) is 5.57. The number of piperazine rings is 1. The molecule has 1 aromatic carbocycles. The number of carbonyl (C=O) groups excluding carboxylic acids is 1. The van der Waals surface area contributed by atoms with Crippen molar-refractivity contribution in [2.45, 2.75) is 20.4 Å². The van der Waals surface area contributed by atoms with Gasteiger partial charge >= 0.3 is 0 Å². The Hall–Kier alpha value is -1.55. The Labute approximate surface area is 121 Å². The average molecular weight is 276 g/mol. The minimum atomic E-state index is 0.0933. The van der Waals surface area contributed by atoms with E-state index in [1.807, 2.05) is 36.9 Å². The summed E-state index contributed by atoms with van der Waals surface area (Å²) in [6.45, 7) is 8.31. The largest absolute Gasteiger partial charge is 0.496 e. The Morgan fingerprint density at radius 2 is 1.85 bits per heavy atom. The summed E-state index contributed by atoms with van der Waals surface area (Å²) < 4.78 is 5.39. The highest BCUT2D eigenvalue weighted by molar-refractivity contribution is 5.78. The van der Waals surface area contributed by atoms with Crippen LogP contribution in [0.2, 0.25) is 0 Å². The first-order chi connectivity index (χ1) is 9.61. The first kappa shape index (κ1) is 14.9. The maximum absolute atomic E-state index is 12.0. The van der Waals surface area contributed by atoms with Crippen molar-refractivity contribution >= 4 is 5.91 Å². The molecule has 0 atom stereocenters. The van der Waals surface area contributed by atoms with Crippen LogP contribution in [-0.2, 0) is 11.3 Å². The van der Waals surface area contributed by atoms with E-state index in [-0.39, 0.29) is 11.8 Å². The summed E-state index contributed by atoms with van der Waals surface area (Å²) in [5.41, 5.74) is 1.21. The molecule has 2 rings (SSSR count). The standard InChI is InChI=1S/C16H24N2O2/c1-13(2)16(19)18-10-8-17(9-11-18)12-14-6-4-5-7-15(14)20-3/h4-7,13H,8-12H2,1-3H3. The van der Waals surface area contributed by atoms with Gasteiger partial charge in [0, 0.05) is 44.2 Å². The first-order valence-electron chi connectivity index (χ1n) is 7.25. The number of para-hydroxylation sites is 1. The van der Waals surface area contributed by atoms with Crippen LogP contribution >= 0.6 is 0 Å². The van der Waals surface area contributed by atoms with Gasteiger partial charge in [-0.1, -0.05) is 32.0 Å². The monoisotopic (exact) mass is 276 g/mol. The number of rotatable bonds is 4. The number of hydrogen-bond donors (Lipinski definition) is 0. The Kier molecular flexibility index (Phi) is 5.01. The van der Waals surface area contributed by atoms with Gasteiger partial charge in [-0.3, -0.25) is 9.69 Å². The van der Waals surface area contributed by atoms with Crippen molar-refractivity contribution in [3.05, 3.63) is 29.8 Å². The predicted molar refractivity (Wildman–Crippen MR) is 79.7 cm³/mol. The van der Waals surface area contributed by atoms with Gasteiger partial charge in [-0.05, 0) is 6.07 Å². The van der Waals surface area contributed by atoms with E-state index in [0.29, 0.717) is 0 Å². The number of amides is 1. The predicted octanol–water partition coefficient (Wildman–Crippen LogP) is 2.00. The highest BCUT2D eigenvalue weighted by Crippen LogP contribution is 2.20. The summed E-state index contributed by atoms with van der Waals surface area (Å²) in [7, 11) is 1.71. The molecule has 1 aliphatic heterocycles. The van der Waals surface area contributed by atoms with Crippen molar-refractivity contribution in [3.8, 4) is 5.75 Å². The van der Waals surface area contributed by atoms with Crippen LogP contribution in [0.15, 0.2) is 24.3 Å². The molecule has 0 saturated carbocycles. The maximum Gasteiger partial charge on any atom is 0.225 e. The minimum absolute atomic E-state index is 0.0933. The SMILES string of the molecule is COc1ccccc1CN1CCN(C(=O)C(C)C)CC1. The Morgan fingerprint density at radius 3 is 2.45 bits per heavy atom. The molecule has 0 N–H and O–H groups in total. The summed E-state index contributed by atoms with van der Waals surface area (Å²) in [5, 5.41) is 0. The summed E-state index contributed by atoms with van der Waals surface area (Å²) in [6.07, 6.45) is 0. The van der Waals surface area contributed by atoms with Gasteiger partial charge in [0.25, 0.3) is 0 Å². The molecule has 20 heavy (non-hydrogen) atoms. The molecule has 0 aromatic heterocycles. The van der Waals surface area contributed by atoms with Crippen LogP contribution in [0.1, 0.15) is 19.4 Å². The van der Waals surface area contributed by atoms with Gasteiger partial charge in [0.1, 0.15) is 5.75 Å². The Balaban J connectivity index is 1.90. The number of ether oxygens (including phenoxy) is 1. The smallest absolute Gasteiger partial charge is 0.225 e. The van der Waals surface area contributed by atoms with Gasteiger partial charge in [0.05, 0.1) is 7.11 Å². The zero-order valence-electron chi connectivity index (χ0n) is 12.6. The third kappa shape index (κ3) is 3.51. The molecular formula is C16H24N2O2. The zero-order valence-corrected chi connectivity index (χ0v) is 12.6. The normalized spacial score (nSPS) is 16.5. The van der Waals surface area contributed by atoms with E-state index < -0.39 is 0 Å². The molecule has 0 bridgehead atoms. The third-order valence-electron chi connectivity index (χ3n) is 3.76. The highest BCUT2D eigenvalue weighted by atomic mass is 16.5. The van der Waals surface area contributed by atoms with E-state index in [1.54, 1.807) is 7.11 Å². The molecule has 1 aromatic rings. The molecule has 1 fully saturated rings. The lowest BCUT2D eigenvalue weighted by Gasteiger charge is -2.35. The lowest BCUT2D eigenvalue weighted by molar-refractivity contribution is -0.136. The fraction of sp³-hybridized carbons (Fsp3) is 0.562. The van der Waals surface area contributed by atoms with E-state index in [2.05, 4.69) is 11.0 Å². The molecule has 0 aliphatic carbocycles. The van der Waals surface area contributed by atoms with E-state index in [0.717, 1.165) is 38.5 Å². The molecule has 0 spiro atoms. The van der Waals surface area contributed by atoms with Crippen LogP contribution in [0.5, 0.6) is 5.75 Å². The summed E-state index contributed by atoms with van der Waals surface area (Å²) in [4.78, 5) is 16.3. The molecule has 0 unspecified atom stereocenters. The fourth-order valence-corrected chi connectivity index (χ4v) is 2.57. The molecule has 1 saturated heterocycles. The van der Waals surface area contributed by atoms with Crippen molar-refractivity contribution in [2.75, 3.05) is 33.3 Å². The first-order valence-corrected chi connectivity index (χ1v) is 7.25. The van der Waals surface area contributed by atoms with Gasteiger partial charge in [-0.15, -0.1) is 0 Å². The number of methoxy groups -OCH3 is 1. The van der Waals surface area contributed by atoms with Crippen LogP contribution in [0.4, 0.5) is 0 Å². The van der Waals surface area contributed by atoms with Crippen molar-refractivity contribution in [1.29, 1.82) is 0 Å². The summed E-state index contributed by atoms with van der Waals surface area (Å²) >= 11 is 0. The van der Waals surface area contributed by atoms with Gasteiger partial charge in [0.15, 0.2) is 0 Å². The molecule has 1 heterocycles. The second-order valence-electron chi connectivity index (χ2n) is 5.57. The summed E-state index contributed by atoms with van der Waals surface area (Å²) in [5.74, 6) is 1.30. The Bertz CT molecular complexity index is 452. The van der Waals surface area contributed by atoms with Gasteiger partial charge in [-0.2, -0.15) is 0 Å². The van der Waals surface area contributed by atoms with E-state index in [1.165, 1.54) is 5.56 Å². The van der Waals surface area contributed by atoms with E-state index in [4.69, 9.17) is 4.74 Å². The van der Waals surface area contributed by atoms with Crippen LogP contribution in [-0.4, -0.2) is 49.0 Å². The number of hydrogen-bond acceptors (Lipinski definition) is 3. The lowest BCUT2D eigenvalue weighted by Crippen LogP contribution is -2.49. The van der Waals surface area contributed by atoms with Gasteiger partial charge in [0.2, 0.25) is 5.91 Å². The van der Waals surface area contributed by atoms with E-state index >= 15 is 0 Å². The van der Waals surface area contributed by atoms with Crippen molar-refractivity contribution < 1.29 is 9.53 Å². The third-order valence-corrected chi connectivity index (χ3v) is 3.76. The van der Waals surface area contributed by atoms with Crippen LogP contribution in [0, 0.1) is 5.92 Å². The quantitative estimate of drug-likeness (QED) is 0.843. The topological polar surface area (TPSA) is 32.8 Å². The van der Waals surface area contributed by atoms with E-state index in [9.17, 15) is 4.79 Å². The average Bonchev–Trinajstić information content (AvgIpc) is 2.48. The van der Waals surface area contributed by atoms with Crippen molar-refractivity contribution in [2.24, 2.45) is 5.92 Å². The molecule has 4 heteroatoms. The molecule has 110 valence electrons. The maximum atomic E-state index is 12.0. The highest BCUT2D eigenvalue weighted by Gasteiger charge is 2.23. The molecular weight excluding hydrogens is 252 g/mol. The van der Waals surface area contributed by atoms with Crippen LogP contribution in [0.25, 0.3) is 0 Å². The van der Waals surface area contributed by atoms with Crippen molar-refractivity contribution in [3.63, 3.8) is 0 Å². The van der Waals surface area contributed by atoms with Crippen LogP contribution in [0.3, 0.4) is 0 Å². The lowest BCUT2D eigenvalue weighted by atomic mass is 10.1. The molecule has 1 amide bonds. The van der Waals surface area contributed by atoms with Crippen LogP contribution < -0.4 is 4.74 Å². The zero-order chi connectivity index (χ0) is 14.5. The molecule has 4 nitrogen and oxygen atoms in total. The number of carbonyl (C=O) groups is 1. The second kappa shape index (κ2) is 6.75.